The molecule has 1 N–H and O–H groups in total. The highest BCUT2D eigenvalue weighted by molar-refractivity contribution is 6.01. The summed E-state index contributed by atoms with van der Waals surface area (Å²) in [4.78, 5) is 36.5. The van der Waals surface area contributed by atoms with Crippen LogP contribution in [0.5, 0.6) is 5.75 Å². The molecule has 0 bridgehead atoms. The monoisotopic (exact) mass is 423 g/mol. The van der Waals surface area contributed by atoms with Gasteiger partial charge in [0, 0.05) is 16.5 Å². The van der Waals surface area contributed by atoms with Crippen molar-refractivity contribution in [3.8, 4) is 5.75 Å². The van der Waals surface area contributed by atoms with Crippen LogP contribution < -0.4 is 10.1 Å². The number of furan rings is 1. The zero-order valence-corrected chi connectivity index (χ0v) is 17.6. The van der Waals surface area contributed by atoms with Gasteiger partial charge in [-0.2, -0.15) is 0 Å². The largest absolute Gasteiger partial charge is 0.494 e. The van der Waals surface area contributed by atoms with E-state index in [4.69, 9.17) is 13.9 Å². The number of para-hydroxylation sites is 1. The predicted octanol–water partition coefficient (Wildman–Crippen LogP) is 4.08. The van der Waals surface area contributed by atoms with Crippen LogP contribution in [0.2, 0.25) is 0 Å². The van der Waals surface area contributed by atoms with Gasteiger partial charge in [0.15, 0.2) is 12.4 Å². The number of aryl methyl sites for hydroxylation is 1. The molecule has 0 radical (unpaired) electrons. The quantitative estimate of drug-likeness (QED) is 0.300. The third-order valence-electron chi connectivity index (χ3n) is 4.74. The molecule has 3 aromatic rings. The summed E-state index contributed by atoms with van der Waals surface area (Å²) in [6, 6.07) is 13.9. The SMILES string of the molecule is CCCCOc1ccc(C(=O)NCC(=O)OCC(=O)c2oc3ccccc3c2C)cc1. The first kappa shape index (κ1) is 22.1. The summed E-state index contributed by atoms with van der Waals surface area (Å²) in [6.45, 7) is 3.68. The number of unbranched alkanes of at least 4 members (excludes halogenated alkanes) is 1. The maximum absolute atomic E-state index is 12.4. The Labute approximate surface area is 180 Å². The van der Waals surface area contributed by atoms with Crippen LogP contribution in [0.25, 0.3) is 11.0 Å². The Bertz CT molecular complexity index is 1070. The average molecular weight is 423 g/mol. The van der Waals surface area contributed by atoms with Gasteiger partial charge in [-0.25, -0.2) is 0 Å². The standard InChI is InChI=1S/C24H25NO6/c1-3-4-13-29-18-11-9-17(10-12-18)24(28)25-14-22(27)30-15-20(26)23-16(2)19-7-5-6-8-21(19)31-23/h5-12H,3-4,13-15H2,1-2H3,(H,25,28). The Morgan fingerprint density at radius 1 is 1.03 bits per heavy atom. The molecule has 0 fully saturated rings. The molecule has 7 heteroatoms. The molecule has 0 spiro atoms. The minimum atomic E-state index is -0.713. The smallest absolute Gasteiger partial charge is 0.325 e. The van der Waals surface area contributed by atoms with E-state index in [1.807, 2.05) is 18.2 Å². The molecule has 0 saturated carbocycles. The van der Waals surface area contributed by atoms with E-state index in [0.29, 0.717) is 29.1 Å². The molecular formula is C24H25NO6. The van der Waals surface area contributed by atoms with Crippen molar-refractivity contribution < 1.29 is 28.3 Å². The predicted molar refractivity (Wildman–Crippen MR) is 115 cm³/mol. The average Bonchev–Trinajstić information content (AvgIpc) is 3.13. The van der Waals surface area contributed by atoms with Crippen molar-refractivity contribution in [2.75, 3.05) is 19.8 Å². The van der Waals surface area contributed by atoms with Gasteiger partial charge in [-0.05, 0) is 43.7 Å². The number of carbonyl (C=O) groups excluding carboxylic acids is 3. The maximum atomic E-state index is 12.4. The van der Waals surface area contributed by atoms with Crippen molar-refractivity contribution in [3.63, 3.8) is 0 Å². The van der Waals surface area contributed by atoms with Crippen LogP contribution in [0.15, 0.2) is 52.9 Å². The van der Waals surface area contributed by atoms with Gasteiger partial charge in [0.25, 0.3) is 5.91 Å². The molecule has 0 saturated heterocycles. The number of nitrogens with one attached hydrogen (secondary N) is 1. The van der Waals surface area contributed by atoms with Gasteiger partial charge in [0.1, 0.15) is 17.9 Å². The first-order valence-electron chi connectivity index (χ1n) is 10.2. The van der Waals surface area contributed by atoms with E-state index < -0.39 is 24.3 Å². The Balaban J connectivity index is 1.45. The van der Waals surface area contributed by atoms with Crippen LogP contribution in [0.4, 0.5) is 0 Å². The van der Waals surface area contributed by atoms with E-state index in [0.717, 1.165) is 18.2 Å². The number of esters is 1. The first-order valence-corrected chi connectivity index (χ1v) is 10.2. The lowest BCUT2D eigenvalue weighted by molar-refractivity contribution is -0.141. The molecule has 0 aliphatic carbocycles. The molecule has 0 aliphatic heterocycles. The normalized spacial score (nSPS) is 10.6. The minimum absolute atomic E-state index is 0.166. The topological polar surface area (TPSA) is 94.8 Å². The number of fused-ring (bicyclic) bond motifs is 1. The lowest BCUT2D eigenvalue weighted by Gasteiger charge is -2.08. The van der Waals surface area contributed by atoms with Crippen molar-refractivity contribution in [2.24, 2.45) is 0 Å². The molecular weight excluding hydrogens is 398 g/mol. The van der Waals surface area contributed by atoms with Gasteiger partial charge in [0.05, 0.1) is 6.61 Å². The van der Waals surface area contributed by atoms with Crippen LogP contribution in [-0.4, -0.2) is 37.4 Å². The molecule has 0 atom stereocenters. The second-order valence-electron chi connectivity index (χ2n) is 7.05. The third kappa shape index (κ3) is 5.72. The molecule has 31 heavy (non-hydrogen) atoms. The number of Topliss-reactive ketones (excluding diaryl/α,β-unsaturated/α-hetero) is 1. The number of rotatable bonds is 10. The van der Waals surface area contributed by atoms with Crippen molar-refractivity contribution in [2.45, 2.75) is 26.7 Å². The summed E-state index contributed by atoms with van der Waals surface area (Å²) in [5.41, 5.74) is 1.69. The zero-order chi connectivity index (χ0) is 22.2. The highest BCUT2D eigenvalue weighted by Gasteiger charge is 2.19. The van der Waals surface area contributed by atoms with Crippen LogP contribution in [0.1, 0.15) is 46.2 Å². The fourth-order valence-corrected chi connectivity index (χ4v) is 2.99. The number of hydrogen-bond donors (Lipinski definition) is 1. The lowest BCUT2D eigenvalue weighted by Crippen LogP contribution is -2.31. The van der Waals surface area contributed by atoms with E-state index in [1.54, 1.807) is 37.3 Å². The Kier molecular flexibility index (Phi) is 7.43. The number of ketones is 1. The zero-order valence-electron chi connectivity index (χ0n) is 17.6. The number of amides is 1. The Hall–Kier alpha value is -3.61. The van der Waals surface area contributed by atoms with E-state index in [-0.39, 0.29) is 12.3 Å². The molecule has 1 aromatic heterocycles. The molecule has 1 amide bonds. The number of ether oxygens (including phenoxy) is 2. The first-order chi connectivity index (χ1) is 15.0. The van der Waals surface area contributed by atoms with E-state index >= 15 is 0 Å². The van der Waals surface area contributed by atoms with Crippen molar-refractivity contribution in [1.82, 2.24) is 5.32 Å². The number of carbonyl (C=O) groups is 3. The number of benzene rings is 2. The lowest BCUT2D eigenvalue weighted by atomic mass is 10.1. The van der Waals surface area contributed by atoms with E-state index in [9.17, 15) is 14.4 Å². The Morgan fingerprint density at radius 3 is 2.48 bits per heavy atom. The van der Waals surface area contributed by atoms with Crippen molar-refractivity contribution in [3.05, 3.63) is 65.4 Å². The molecule has 7 nitrogen and oxygen atoms in total. The summed E-state index contributed by atoms with van der Waals surface area (Å²) in [7, 11) is 0. The highest BCUT2D eigenvalue weighted by atomic mass is 16.5. The van der Waals surface area contributed by atoms with Gasteiger partial charge in [-0.3, -0.25) is 14.4 Å². The number of hydrogen-bond acceptors (Lipinski definition) is 6. The van der Waals surface area contributed by atoms with Crippen LogP contribution >= 0.6 is 0 Å². The van der Waals surface area contributed by atoms with Gasteiger partial charge in [0.2, 0.25) is 5.78 Å². The van der Waals surface area contributed by atoms with Crippen LogP contribution in [0, 0.1) is 6.92 Å². The molecule has 0 aliphatic rings. The van der Waals surface area contributed by atoms with Gasteiger partial charge in [-0.1, -0.05) is 31.5 Å². The van der Waals surface area contributed by atoms with E-state index in [2.05, 4.69) is 12.2 Å². The molecule has 2 aromatic carbocycles. The second-order valence-corrected chi connectivity index (χ2v) is 7.05. The molecule has 162 valence electrons. The maximum Gasteiger partial charge on any atom is 0.325 e. The molecule has 3 rings (SSSR count). The summed E-state index contributed by atoms with van der Waals surface area (Å²) in [5, 5.41) is 3.32. The van der Waals surface area contributed by atoms with Gasteiger partial charge >= 0.3 is 5.97 Å². The second kappa shape index (κ2) is 10.4. The van der Waals surface area contributed by atoms with E-state index in [1.165, 1.54) is 0 Å². The summed E-state index contributed by atoms with van der Waals surface area (Å²) < 4.78 is 16.1. The molecule has 0 unspecified atom stereocenters. The van der Waals surface area contributed by atoms with Crippen LogP contribution in [0.3, 0.4) is 0 Å². The Morgan fingerprint density at radius 2 is 1.77 bits per heavy atom. The van der Waals surface area contributed by atoms with Gasteiger partial charge in [-0.15, -0.1) is 0 Å². The van der Waals surface area contributed by atoms with Crippen LogP contribution in [-0.2, 0) is 9.53 Å². The fourth-order valence-electron chi connectivity index (χ4n) is 2.99. The summed E-state index contributed by atoms with van der Waals surface area (Å²) >= 11 is 0. The summed E-state index contributed by atoms with van der Waals surface area (Å²) in [6.07, 6.45) is 2.00. The molecule has 1 heterocycles. The third-order valence-corrected chi connectivity index (χ3v) is 4.74. The van der Waals surface area contributed by atoms with Gasteiger partial charge < -0.3 is 19.2 Å². The fraction of sp³-hybridized carbons (Fsp3) is 0.292. The summed E-state index contributed by atoms with van der Waals surface area (Å²) in [5.74, 6) is -0.721. The van der Waals surface area contributed by atoms with Crippen molar-refractivity contribution in [1.29, 1.82) is 0 Å². The highest BCUT2D eigenvalue weighted by Crippen LogP contribution is 2.25. The van der Waals surface area contributed by atoms with Crippen molar-refractivity contribution >= 4 is 28.6 Å². The minimum Gasteiger partial charge on any atom is -0.494 e.